The second-order valence-electron chi connectivity index (χ2n) is 8.21. The van der Waals surface area contributed by atoms with E-state index in [0.29, 0.717) is 10.6 Å². The molecule has 0 bridgehead atoms. The minimum absolute atomic E-state index is 0.511. The van der Waals surface area contributed by atoms with E-state index in [-0.39, 0.29) is 0 Å². The number of nitrogens with zero attached hydrogens (tertiary/aromatic N) is 3. The topological polar surface area (TPSA) is 50.9 Å². The molecular weight excluding hydrogens is 490 g/mol. The highest BCUT2D eigenvalue weighted by Crippen LogP contribution is 2.31. The number of hydrogen-bond donors (Lipinski definition) is 0. The van der Waals surface area contributed by atoms with E-state index in [1.54, 1.807) is 18.4 Å². The Labute approximate surface area is 219 Å². The zero-order valence-corrected chi connectivity index (χ0v) is 21.9. The summed E-state index contributed by atoms with van der Waals surface area (Å²) in [6.45, 7) is 6.15. The van der Waals surface area contributed by atoms with Crippen LogP contribution in [0.3, 0.4) is 0 Å². The first-order valence-electron chi connectivity index (χ1n) is 11.8. The van der Waals surface area contributed by atoms with Crippen molar-refractivity contribution in [1.82, 2.24) is 4.98 Å². The molecule has 5 rings (SSSR count). The number of benzene rings is 3. The molecule has 0 N–H and O–H groups in total. The van der Waals surface area contributed by atoms with Crippen molar-refractivity contribution < 1.29 is 9.15 Å². The molecule has 0 aliphatic rings. The number of halogens is 1. The first-order valence-corrected chi connectivity index (χ1v) is 13.1. The van der Waals surface area contributed by atoms with Crippen molar-refractivity contribution in [3.63, 3.8) is 0 Å². The van der Waals surface area contributed by atoms with Gasteiger partial charge in [-0.05, 0) is 80.6 Å². The van der Waals surface area contributed by atoms with E-state index in [2.05, 4.69) is 48.4 Å². The summed E-state index contributed by atoms with van der Waals surface area (Å²) >= 11 is 7.66. The van der Waals surface area contributed by atoms with Gasteiger partial charge in [-0.2, -0.15) is 0 Å². The highest BCUT2D eigenvalue weighted by atomic mass is 35.5. The highest BCUT2D eigenvalue weighted by molar-refractivity contribution is 7.13. The average Bonchev–Trinajstić information content (AvgIpc) is 3.40. The number of anilines is 1. The summed E-state index contributed by atoms with van der Waals surface area (Å²) in [5.74, 6) is 0.815. The quantitative estimate of drug-likeness (QED) is 0.220. The summed E-state index contributed by atoms with van der Waals surface area (Å²) in [6, 6.07) is 23.7. The number of fused-ring (bicyclic) bond motifs is 1. The number of ether oxygens (including phenoxy) is 1. The SMILES string of the molecule is CCN(CC)c1ccc2cc(-c3nc(-c4ccc(OC)cc4)cs3)c(=Nc3ccc(Cl)cc3)oc2c1. The smallest absolute Gasteiger partial charge is 0.230 e. The Morgan fingerprint density at radius 2 is 1.72 bits per heavy atom. The number of methoxy groups -OCH3 is 1. The van der Waals surface area contributed by atoms with Crippen molar-refractivity contribution in [3.8, 4) is 27.6 Å². The molecule has 0 spiro atoms. The molecule has 7 heteroatoms. The molecule has 5 nitrogen and oxygen atoms in total. The molecule has 0 unspecified atom stereocenters. The van der Waals surface area contributed by atoms with Crippen LogP contribution in [0, 0.1) is 0 Å². The molecule has 0 saturated heterocycles. The molecule has 0 amide bonds. The van der Waals surface area contributed by atoms with Gasteiger partial charge in [0.2, 0.25) is 5.55 Å². The number of rotatable bonds is 7. The van der Waals surface area contributed by atoms with Gasteiger partial charge in [0.15, 0.2) is 0 Å². The summed E-state index contributed by atoms with van der Waals surface area (Å²) in [4.78, 5) is 12.1. The van der Waals surface area contributed by atoms with Crippen molar-refractivity contribution >= 4 is 45.3 Å². The minimum Gasteiger partial charge on any atom is -0.497 e. The van der Waals surface area contributed by atoms with E-state index in [1.807, 2.05) is 48.5 Å². The normalized spacial score (nSPS) is 11.7. The maximum absolute atomic E-state index is 6.43. The van der Waals surface area contributed by atoms with Crippen LogP contribution in [0.5, 0.6) is 5.75 Å². The van der Waals surface area contributed by atoms with Gasteiger partial charge >= 0.3 is 0 Å². The van der Waals surface area contributed by atoms with E-state index >= 15 is 0 Å². The van der Waals surface area contributed by atoms with Crippen LogP contribution in [0.25, 0.3) is 32.8 Å². The van der Waals surface area contributed by atoms with Gasteiger partial charge in [0, 0.05) is 46.2 Å². The van der Waals surface area contributed by atoms with Gasteiger partial charge < -0.3 is 14.1 Å². The fourth-order valence-electron chi connectivity index (χ4n) is 4.05. The van der Waals surface area contributed by atoms with E-state index in [9.17, 15) is 0 Å². The van der Waals surface area contributed by atoms with E-state index < -0.39 is 0 Å². The Kier molecular flexibility index (Phi) is 7.07. The maximum atomic E-state index is 6.43. The molecule has 3 aromatic carbocycles. The standard InChI is InChI=1S/C29H26ClN3O2S/c1-4-33(5-2)23-13-6-20-16-25(28(35-27(20)17-23)31-22-11-9-21(30)10-12-22)29-32-26(18-36-29)19-7-14-24(34-3)15-8-19/h6-18H,4-5H2,1-3H3. The zero-order chi connectivity index (χ0) is 25.1. The van der Waals surface area contributed by atoms with Gasteiger partial charge in [0.25, 0.3) is 0 Å². The van der Waals surface area contributed by atoms with E-state index in [4.69, 9.17) is 30.7 Å². The molecule has 0 aliphatic carbocycles. The lowest BCUT2D eigenvalue weighted by Gasteiger charge is -2.21. The molecule has 5 aromatic rings. The highest BCUT2D eigenvalue weighted by Gasteiger charge is 2.14. The Morgan fingerprint density at radius 3 is 2.42 bits per heavy atom. The van der Waals surface area contributed by atoms with Crippen molar-refractivity contribution in [2.24, 2.45) is 4.99 Å². The average molecular weight is 516 g/mol. The summed E-state index contributed by atoms with van der Waals surface area (Å²) in [7, 11) is 1.66. The molecule has 182 valence electrons. The van der Waals surface area contributed by atoms with E-state index in [0.717, 1.165) is 63.0 Å². The van der Waals surface area contributed by atoms with Gasteiger partial charge in [0.05, 0.1) is 24.1 Å². The third-order valence-corrected chi connectivity index (χ3v) is 7.17. The van der Waals surface area contributed by atoms with Crippen LogP contribution in [0.1, 0.15) is 13.8 Å². The third kappa shape index (κ3) is 5.01. The van der Waals surface area contributed by atoms with Gasteiger partial charge in [-0.25, -0.2) is 9.98 Å². The summed E-state index contributed by atoms with van der Waals surface area (Å²) in [5.41, 5.74) is 5.94. The Hall–Kier alpha value is -3.61. The summed E-state index contributed by atoms with van der Waals surface area (Å²) < 4.78 is 11.7. The van der Waals surface area contributed by atoms with Crippen LogP contribution >= 0.6 is 22.9 Å². The molecule has 0 saturated carbocycles. The minimum atomic E-state index is 0.511. The molecule has 2 aromatic heterocycles. The van der Waals surface area contributed by atoms with Crippen LogP contribution in [0.2, 0.25) is 5.02 Å². The van der Waals surface area contributed by atoms with Crippen LogP contribution in [0.15, 0.2) is 87.6 Å². The van der Waals surface area contributed by atoms with Gasteiger partial charge in [-0.15, -0.1) is 11.3 Å². The maximum Gasteiger partial charge on any atom is 0.230 e. The predicted octanol–water partition coefficient (Wildman–Crippen LogP) is 7.96. The van der Waals surface area contributed by atoms with Crippen molar-refractivity contribution in [1.29, 1.82) is 0 Å². The molecule has 0 radical (unpaired) electrons. The lowest BCUT2D eigenvalue weighted by atomic mass is 10.1. The first-order chi connectivity index (χ1) is 17.6. The fourth-order valence-corrected chi connectivity index (χ4v) is 5.02. The summed E-state index contributed by atoms with van der Waals surface area (Å²) in [5, 5.41) is 4.55. The van der Waals surface area contributed by atoms with Gasteiger partial charge in [-0.3, -0.25) is 0 Å². The van der Waals surface area contributed by atoms with Gasteiger partial charge in [-0.1, -0.05) is 11.6 Å². The fraction of sp³-hybridized carbons (Fsp3) is 0.172. The van der Waals surface area contributed by atoms with Crippen LogP contribution in [-0.4, -0.2) is 25.2 Å². The number of hydrogen-bond acceptors (Lipinski definition) is 6. The largest absolute Gasteiger partial charge is 0.497 e. The third-order valence-electron chi connectivity index (χ3n) is 6.04. The summed E-state index contributed by atoms with van der Waals surface area (Å²) in [6.07, 6.45) is 0. The molecule has 0 fully saturated rings. The Balaban J connectivity index is 1.65. The van der Waals surface area contributed by atoms with Crippen LogP contribution in [0.4, 0.5) is 11.4 Å². The number of aromatic nitrogens is 1. The molecule has 0 aliphatic heterocycles. The zero-order valence-electron chi connectivity index (χ0n) is 20.4. The van der Waals surface area contributed by atoms with Gasteiger partial charge in [0.1, 0.15) is 16.3 Å². The van der Waals surface area contributed by atoms with E-state index in [1.165, 1.54) is 0 Å². The van der Waals surface area contributed by atoms with Crippen molar-refractivity contribution in [2.75, 3.05) is 25.1 Å². The monoisotopic (exact) mass is 515 g/mol. The molecular formula is C29H26ClN3O2S. The molecule has 0 atom stereocenters. The first kappa shape index (κ1) is 24.1. The van der Waals surface area contributed by atoms with Crippen molar-refractivity contribution in [3.05, 3.63) is 88.8 Å². The lowest BCUT2D eigenvalue weighted by Crippen LogP contribution is -2.21. The van der Waals surface area contributed by atoms with Crippen LogP contribution in [-0.2, 0) is 0 Å². The molecule has 2 heterocycles. The Bertz CT molecular complexity index is 1550. The molecule has 36 heavy (non-hydrogen) atoms. The van der Waals surface area contributed by atoms with Crippen molar-refractivity contribution in [2.45, 2.75) is 13.8 Å². The second-order valence-corrected chi connectivity index (χ2v) is 9.51. The second kappa shape index (κ2) is 10.6. The van der Waals surface area contributed by atoms with Crippen LogP contribution < -0.4 is 15.2 Å². The predicted molar refractivity (Wildman–Crippen MR) is 150 cm³/mol. The Morgan fingerprint density at radius 1 is 0.972 bits per heavy atom. The number of thiazole rings is 1. The lowest BCUT2D eigenvalue weighted by molar-refractivity contribution is 0.415.